The Morgan fingerprint density at radius 3 is 3.05 bits per heavy atom. The standard InChI is InChI=1S/C16H18N4O2/c21-16(22)6-3-8-17-14-10-15(19-11-18-14)20-9-7-12-4-1-2-5-13(12)20/h1-2,4-5,10-11H,3,6-9H2,(H,21,22)(H,17,18,19). The number of carboxylic acids is 1. The summed E-state index contributed by atoms with van der Waals surface area (Å²) in [5, 5.41) is 11.8. The second-order valence-electron chi connectivity index (χ2n) is 5.22. The first kappa shape index (κ1) is 14.3. The van der Waals surface area contributed by atoms with E-state index in [1.807, 2.05) is 12.1 Å². The van der Waals surface area contributed by atoms with Crippen LogP contribution in [-0.4, -0.2) is 34.1 Å². The van der Waals surface area contributed by atoms with E-state index in [-0.39, 0.29) is 6.42 Å². The molecule has 3 rings (SSSR count). The van der Waals surface area contributed by atoms with Crippen molar-refractivity contribution >= 4 is 23.3 Å². The molecule has 1 aliphatic heterocycles. The van der Waals surface area contributed by atoms with Crippen LogP contribution in [0.2, 0.25) is 0 Å². The Kier molecular flexibility index (Phi) is 4.18. The number of hydrogen-bond donors (Lipinski definition) is 2. The van der Waals surface area contributed by atoms with Crippen molar-refractivity contribution < 1.29 is 9.90 Å². The van der Waals surface area contributed by atoms with Gasteiger partial charge in [0.1, 0.15) is 18.0 Å². The number of aliphatic carboxylic acids is 1. The smallest absolute Gasteiger partial charge is 0.303 e. The van der Waals surface area contributed by atoms with Crippen LogP contribution in [0.25, 0.3) is 0 Å². The Bertz CT molecular complexity index is 675. The van der Waals surface area contributed by atoms with Gasteiger partial charge in [-0.3, -0.25) is 4.79 Å². The summed E-state index contributed by atoms with van der Waals surface area (Å²) < 4.78 is 0. The average Bonchev–Trinajstić information content (AvgIpc) is 2.96. The molecular formula is C16H18N4O2. The summed E-state index contributed by atoms with van der Waals surface area (Å²) in [6.45, 7) is 1.49. The van der Waals surface area contributed by atoms with Crippen LogP contribution in [0, 0.1) is 0 Å². The van der Waals surface area contributed by atoms with Gasteiger partial charge in [-0.25, -0.2) is 9.97 Å². The Labute approximate surface area is 128 Å². The average molecular weight is 298 g/mol. The molecule has 0 saturated carbocycles. The van der Waals surface area contributed by atoms with E-state index in [1.54, 1.807) is 0 Å². The molecule has 2 heterocycles. The molecule has 0 saturated heterocycles. The summed E-state index contributed by atoms with van der Waals surface area (Å²) in [7, 11) is 0. The third-order valence-electron chi connectivity index (χ3n) is 3.69. The topological polar surface area (TPSA) is 78.4 Å². The van der Waals surface area contributed by atoms with Gasteiger partial charge in [0.05, 0.1) is 0 Å². The molecule has 0 unspecified atom stereocenters. The zero-order valence-electron chi connectivity index (χ0n) is 12.2. The lowest BCUT2D eigenvalue weighted by Crippen LogP contribution is -2.15. The number of benzene rings is 1. The highest BCUT2D eigenvalue weighted by molar-refractivity contribution is 5.69. The molecule has 0 spiro atoms. The molecule has 0 radical (unpaired) electrons. The van der Waals surface area contributed by atoms with Gasteiger partial charge in [0.25, 0.3) is 0 Å². The molecule has 1 aromatic carbocycles. The molecular weight excluding hydrogens is 280 g/mol. The van der Waals surface area contributed by atoms with Gasteiger partial charge >= 0.3 is 5.97 Å². The maximum absolute atomic E-state index is 10.5. The van der Waals surface area contributed by atoms with Crippen LogP contribution in [0.4, 0.5) is 17.3 Å². The highest BCUT2D eigenvalue weighted by atomic mass is 16.4. The lowest BCUT2D eigenvalue weighted by atomic mass is 10.2. The van der Waals surface area contributed by atoms with Gasteiger partial charge in [0, 0.05) is 31.3 Å². The summed E-state index contributed by atoms with van der Waals surface area (Å²) >= 11 is 0. The predicted octanol–water partition coefficient (Wildman–Crippen LogP) is 2.45. The highest BCUT2D eigenvalue weighted by Gasteiger charge is 2.20. The van der Waals surface area contributed by atoms with Gasteiger partial charge in [-0.15, -0.1) is 0 Å². The van der Waals surface area contributed by atoms with E-state index in [1.165, 1.54) is 17.6 Å². The molecule has 0 fully saturated rings. The van der Waals surface area contributed by atoms with Crippen molar-refractivity contribution in [1.29, 1.82) is 0 Å². The first-order valence-corrected chi connectivity index (χ1v) is 7.37. The molecule has 114 valence electrons. The van der Waals surface area contributed by atoms with Crippen molar-refractivity contribution in [2.75, 3.05) is 23.3 Å². The van der Waals surface area contributed by atoms with Crippen molar-refractivity contribution in [2.24, 2.45) is 0 Å². The number of nitrogens with zero attached hydrogens (tertiary/aromatic N) is 3. The summed E-state index contributed by atoms with van der Waals surface area (Å²) in [6, 6.07) is 10.2. The fraction of sp³-hybridized carbons (Fsp3) is 0.312. The molecule has 0 bridgehead atoms. The lowest BCUT2D eigenvalue weighted by Gasteiger charge is -2.18. The van der Waals surface area contributed by atoms with E-state index < -0.39 is 5.97 Å². The number of rotatable bonds is 6. The number of para-hydroxylation sites is 1. The zero-order chi connectivity index (χ0) is 15.4. The number of hydrogen-bond acceptors (Lipinski definition) is 5. The maximum Gasteiger partial charge on any atom is 0.303 e. The van der Waals surface area contributed by atoms with Gasteiger partial charge in [0.2, 0.25) is 0 Å². The van der Waals surface area contributed by atoms with Gasteiger partial charge < -0.3 is 15.3 Å². The summed E-state index contributed by atoms with van der Waals surface area (Å²) in [5.74, 6) is 0.805. The van der Waals surface area contributed by atoms with Crippen molar-refractivity contribution in [2.45, 2.75) is 19.3 Å². The molecule has 0 atom stereocenters. The SMILES string of the molecule is O=C(O)CCCNc1cc(N2CCc3ccccc32)ncn1. The van der Waals surface area contributed by atoms with Gasteiger partial charge in [-0.1, -0.05) is 18.2 Å². The van der Waals surface area contributed by atoms with E-state index in [2.05, 4.69) is 38.4 Å². The monoisotopic (exact) mass is 298 g/mol. The van der Waals surface area contributed by atoms with Crippen molar-refractivity contribution in [3.05, 3.63) is 42.2 Å². The summed E-state index contributed by atoms with van der Waals surface area (Å²) in [5.41, 5.74) is 2.52. The van der Waals surface area contributed by atoms with Crippen molar-refractivity contribution in [3.8, 4) is 0 Å². The number of fused-ring (bicyclic) bond motifs is 1. The van der Waals surface area contributed by atoms with Crippen LogP contribution in [0.15, 0.2) is 36.7 Å². The highest BCUT2D eigenvalue weighted by Crippen LogP contribution is 2.33. The number of anilines is 3. The van der Waals surface area contributed by atoms with Crippen molar-refractivity contribution in [3.63, 3.8) is 0 Å². The fourth-order valence-corrected chi connectivity index (χ4v) is 2.62. The van der Waals surface area contributed by atoms with E-state index >= 15 is 0 Å². The normalized spacial score (nSPS) is 13.0. The van der Waals surface area contributed by atoms with E-state index in [9.17, 15) is 4.79 Å². The van der Waals surface area contributed by atoms with E-state index in [0.29, 0.717) is 13.0 Å². The minimum atomic E-state index is -0.779. The second kappa shape index (κ2) is 6.43. The van der Waals surface area contributed by atoms with Crippen LogP contribution in [0.1, 0.15) is 18.4 Å². The lowest BCUT2D eigenvalue weighted by molar-refractivity contribution is -0.137. The maximum atomic E-state index is 10.5. The Hall–Kier alpha value is -2.63. The third-order valence-corrected chi connectivity index (χ3v) is 3.69. The molecule has 0 amide bonds. The molecule has 0 aliphatic carbocycles. The molecule has 2 N–H and O–H groups in total. The molecule has 6 heteroatoms. The van der Waals surface area contributed by atoms with Gasteiger partial charge in [0.15, 0.2) is 0 Å². The first-order valence-electron chi connectivity index (χ1n) is 7.37. The number of carboxylic acid groups (broad SMARTS) is 1. The minimum Gasteiger partial charge on any atom is -0.481 e. The summed E-state index contributed by atoms with van der Waals surface area (Å²) in [4.78, 5) is 21.2. The third kappa shape index (κ3) is 3.16. The van der Waals surface area contributed by atoms with E-state index in [4.69, 9.17) is 5.11 Å². The molecule has 1 aliphatic rings. The zero-order valence-corrected chi connectivity index (χ0v) is 12.2. The first-order chi connectivity index (χ1) is 10.7. The van der Waals surface area contributed by atoms with Gasteiger partial charge in [-0.05, 0) is 24.5 Å². The summed E-state index contributed by atoms with van der Waals surface area (Å²) in [6.07, 6.45) is 3.28. The second-order valence-corrected chi connectivity index (χ2v) is 5.22. The Balaban J connectivity index is 1.68. The number of aromatic nitrogens is 2. The largest absolute Gasteiger partial charge is 0.481 e. The minimum absolute atomic E-state index is 0.157. The van der Waals surface area contributed by atoms with Crippen LogP contribution in [0.5, 0.6) is 0 Å². The Morgan fingerprint density at radius 2 is 2.18 bits per heavy atom. The molecule has 22 heavy (non-hydrogen) atoms. The fourth-order valence-electron chi connectivity index (χ4n) is 2.62. The predicted molar refractivity (Wildman–Crippen MR) is 84.5 cm³/mol. The molecule has 6 nitrogen and oxygen atoms in total. The van der Waals surface area contributed by atoms with Crippen LogP contribution in [0.3, 0.4) is 0 Å². The van der Waals surface area contributed by atoms with Gasteiger partial charge in [-0.2, -0.15) is 0 Å². The Morgan fingerprint density at radius 1 is 1.32 bits per heavy atom. The quantitative estimate of drug-likeness (QED) is 0.798. The van der Waals surface area contributed by atoms with E-state index in [0.717, 1.165) is 24.6 Å². The van der Waals surface area contributed by atoms with Crippen LogP contribution >= 0.6 is 0 Å². The molecule has 2 aromatic rings. The number of nitrogens with one attached hydrogen (secondary N) is 1. The van der Waals surface area contributed by atoms with Crippen LogP contribution in [-0.2, 0) is 11.2 Å². The number of carbonyl (C=O) groups is 1. The molecule has 1 aromatic heterocycles. The van der Waals surface area contributed by atoms with Crippen LogP contribution < -0.4 is 10.2 Å². The van der Waals surface area contributed by atoms with Crippen molar-refractivity contribution in [1.82, 2.24) is 9.97 Å².